The minimum atomic E-state index is -0.854. The van der Waals surface area contributed by atoms with Crippen LogP contribution in [0.3, 0.4) is 0 Å². The summed E-state index contributed by atoms with van der Waals surface area (Å²) in [6, 6.07) is 6.86. The number of carbonyl (C=O) groups is 1. The Hall–Kier alpha value is -2.41. The summed E-state index contributed by atoms with van der Waals surface area (Å²) in [5, 5.41) is 17.8. The first kappa shape index (κ1) is 14.5. The highest BCUT2D eigenvalue weighted by Crippen LogP contribution is 2.34. The molecular weight excluding hydrogens is 306 g/mol. The van der Waals surface area contributed by atoms with Gasteiger partial charge in [-0.2, -0.15) is 0 Å². The molecule has 0 bridgehead atoms. The second kappa shape index (κ2) is 5.76. The highest BCUT2D eigenvalue weighted by Gasteiger charge is 2.40. The highest BCUT2D eigenvalue weighted by atomic mass is 35.5. The smallest absolute Gasteiger partial charge is 0.309 e. The van der Waals surface area contributed by atoms with Gasteiger partial charge in [0.2, 0.25) is 0 Å². The number of nitrogens with zero attached hydrogens (tertiary/aromatic N) is 4. The molecule has 0 aromatic carbocycles. The van der Waals surface area contributed by atoms with Crippen LogP contribution in [0.2, 0.25) is 5.02 Å². The lowest BCUT2D eigenvalue weighted by molar-refractivity contribution is -0.141. The van der Waals surface area contributed by atoms with Crippen molar-refractivity contribution in [3.8, 4) is 0 Å². The molecule has 3 rings (SSSR count). The summed E-state index contributed by atoms with van der Waals surface area (Å²) in [5.41, 5.74) is 6.24. The number of pyridine rings is 1. The number of carboxylic acids is 1. The Morgan fingerprint density at radius 3 is 2.68 bits per heavy atom. The third-order valence-electron chi connectivity index (χ3n) is 3.76. The predicted octanol–water partition coefficient (Wildman–Crippen LogP) is 1.41. The lowest BCUT2D eigenvalue weighted by atomic mass is 9.93. The van der Waals surface area contributed by atoms with Crippen LogP contribution in [0.5, 0.6) is 0 Å². The van der Waals surface area contributed by atoms with Crippen LogP contribution >= 0.6 is 11.6 Å². The molecule has 114 valence electrons. The van der Waals surface area contributed by atoms with E-state index in [1.165, 1.54) is 6.20 Å². The third-order valence-corrected chi connectivity index (χ3v) is 3.99. The number of hydrogen-bond acceptors (Lipinski definition) is 6. The van der Waals surface area contributed by atoms with Crippen LogP contribution in [0.25, 0.3) is 0 Å². The summed E-state index contributed by atoms with van der Waals surface area (Å²) in [7, 11) is 0. The molecule has 0 aliphatic carbocycles. The molecule has 2 aromatic heterocycles. The molecule has 0 unspecified atom stereocenters. The van der Waals surface area contributed by atoms with Crippen molar-refractivity contribution < 1.29 is 9.90 Å². The molecule has 2 atom stereocenters. The van der Waals surface area contributed by atoms with Gasteiger partial charge in [-0.05, 0) is 24.3 Å². The number of carboxylic acid groups (broad SMARTS) is 1. The van der Waals surface area contributed by atoms with Gasteiger partial charge in [0.15, 0.2) is 5.82 Å². The Morgan fingerprint density at radius 2 is 2.09 bits per heavy atom. The number of anilines is 2. The fraction of sp³-hybridized carbons (Fsp3) is 0.286. The van der Waals surface area contributed by atoms with Crippen LogP contribution in [0.1, 0.15) is 11.6 Å². The zero-order chi connectivity index (χ0) is 15.7. The fourth-order valence-electron chi connectivity index (χ4n) is 2.65. The number of halogens is 1. The van der Waals surface area contributed by atoms with Crippen LogP contribution in [0, 0.1) is 5.92 Å². The first-order chi connectivity index (χ1) is 10.5. The molecule has 1 saturated heterocycles. The standard InChI is InChI=1S/C14H14ClN5O2/c15-8-1-2-11(17-5-8)9-6-20(7-10(9)14(21)22)13-4-3-12(16)18-19-13/h1-5,9-10H,6-7H2,(H2,16,18)(H,21,22)/t9-,10-/m1/s1. The summed E-state index contributed by atoms with van der Waals surface area (Å²) in [5.74, 6) is -0.708. The van der Waals surface area contributed by atoms with Gasteiger partial charge < -0.3 is 15.7 Å². The molecule has 0 saturated carbocycles. The topological polar surface area (TPSA) is 105 Å². The maximum Gasteiger partial charge on any atom is 0.309 e. The normalized spacial score (nSPS) is 21.0. The maximum atomic E-state index is 11.5. The van der Waals surface area contributed by atoms with E-state index in [-0.39, 0.29) is 5.92 Å². The second-order valence-electron chi connectivity index (χ2n) is 5.17. The Balaban J connectivity index is 1.87. The van der Waals surface area contributed by atoms with E-state index in [1.54, 1.807) is 24.3 Å². The molecular formula is C14H14ClN5O2. The van der Waals surface area contributed by atoms with Crippen molar-refractivity contribution in [1.29, 1.82) is 0 Å². The van der Waals surface area contributed by atoms with Crippen molar-refractivity contribution in [2.75, 3.05) is 23.7 Å². The average Bonchev–Trinajstić information content (AvgIpc) is 2.94. The van der Waals surface area contributed by atoms with Crippen molar-refractivity contribution in [1.82, 2.24) is 15.2 Å². The highest BCUT2D eigenvalue weighted by molar-refractivity contribution is 6.30. The van der Waals surface area contributed by atoms with Gasteiger partial charge in [-0.3, -0.25) is 9.78 Å². The van der Waals surface area contributed by atoms with Crippen LogP contribution in [0.4, 0.5) is 11.6 Å². The van der Waals surface area contributed by atoms with Crippen molar-refractivity contribution in [2.45, 2.75) is 5.92 Å². The maximum absolute atomic E-state index is 11.5. The predicted molar refractivity (Wildman–Crippen MR) is 81.8 cm³/mol. The van der Waals surface area contributed by atoms with Gasteiger partial charge in [-0.25, -0.2) is 0 Å². The fourth-order valence-corrected chi connectivity index (χ4v) is 2.76. The van der Waals surface area contributed by atoms with E-state index in [2.05, 4.69) is 15.2 Å². The summed E-state index contributed by atoms with van der Waals surface area (Å²) in [6.45, 7) is 0.854. The summed E-state index contributed by atoms with van der Waals surface area (Å²) >= 11 is 5.84. The van der Waals surface area contributed by atoms with E-state index in [0.29, 0.717) is 35.4 Å². The second-order valence-corrected chi connectivity index (χ2v) is 5.61. The van der Waals surface area contributed by atoms with Gasteiger partial charge in [0.25, 0.3) is 0 Å². The van der Waals surface area contributed by atoms with Crippen molar-refractivity contribution in [3.63, 3.8) is 0 Å². The zero-order valence-corrected chi connectivity index (χ0v) is 12.3. The van der Waals surface area contributed by atoms with E-state index in [9.17, 15) is 9.90 Å². The quantitative estimate of drug-likeness (QED) is 0.881. The van der Waals surface area contributed by atoms with Gasteiger partial charge in [0.1, 0.15) is 5.82 Å². The number of hydrogen-bond donors (Lipinski definition) is 2. The summed E-state index contributed by atoms with van der Waals surface area (Å²) < 4.78 is 0. The van der Waals surface area contributed by atoms with Crippen LogP contribution < -0.4 is 10.6 Å². The number of aromatic nitrogens is 3. The van der Waals surface area contributed by atoms with Crippen molar-refractivity contribution >= 4 is 29.2 Å². The van der Waals surface area contributed by atoms with E-state index in [4.69, 9.17) is 17.3 Å². The Kier molecular flexibility index (Phi) is 3.81. The van der Waals surface area contributed by atoms with Crippen LogP contribution in [-0.2, 0) is 4.79 Å². The van der Waals surface area contributed by atoms with Gasteiger partial charge in [0, 0.05) is 30.9 Å². The van der Waals surface area contributed by atoms with E-state index in [0.717, 1.165) is 0 Å². The van der Waals surface area contributed by atoms with Gasteiger partial charge in [0.05, 0.1) is 10.9 Å². The summed E-state index contributed by atoms with van der Waals surface area (Å²) in [6.07, 6.45) is 1.53. The zero-order valence-electron chi connectivity index (χ0n) is 11.6. The number of nitrogens with two attached hydrogens (primary N) is 1. The van der Waals surface area contributed by atoms with Crippen molar-refractivity contribution in [2.24, 2.45) is 5.92 Å². The average molecular weight is 320 g/mol. The lowest BCUT2D eigenvalue weighted by Crippen LogP contribution is -2.24. The largest absolute Gasteiger partial charge is 0.481 e. The molecule has 3 heterocycles. The van der Waals surface area contributed by atoms with Crippen LogP contribution in [0.15, 0.2) is 30.5 Å². The number of rotatable bonds is 3. The molecule has 1 aliphatic rings. The third kappa shape index (κ3) is 2.80. The first-order valence-corrected chi connectivity index (χ1v) is 7.11. The van der Waals surface area contributed by atoms with Crippen LogP contribution in [-0.4, -0.2) is 39.3 Å². The van der Waals surface area contributed by atoms with Gasteiger partial charge in [-0.15, -0.1) is 10.2 Å². The SMILES string of the molecule is Nc1ccc(N2C[C@@H](C(=O)O)[C@H](c3ccc(Cl)cn3)C2)nn1. The van der Waals surface area contributed by atoms with E-state index >= 15 is 0 Å². The molecule has 0 spiro atoms. The van der Waals surface area contributed by atoms with E-state index < -0.39 is 11.9 Å². The molecule has 7 nitrogen and oxygen atoms in total. The molecule has 1 aliphatic heterocycles. The monoisotopic (exact) mass is 319 g/mol. The number of nitrogen functional groups attached to an aromatic ring is 1. The summed E-state index contributed by atoms with van der Waals surface area (Å²) in [4.78, 5) is 17.7. The van der Waals surface area contributed by atoms with Gasteiger partial charge >= 0.3 is 5.97 Å². The molecule has 0 amide bonds. The Bertz CT molecular complexity index is 677. The number of aliphatic carboxylic acids is 1. The van der Waals surface area contributed by atoms with Crippen molar-refractivity contribution in [3.05, 3.63) is 41.2 Å². The molecule has 8 heteroatoms. The molecule has 22 heavy (non-hydrogen) atoms. The molecule has 3 N–H and O–H groups in total. The Labute approximate surface area is 131 Å². The molecule has 0 radical (unpaired) electrons. The Morgan fingerprint density at radius 1 is 1.27 bits per heavy atom. The first-order valence-electron chi connectivity index (χ1n) is 6.73. The minimum absolute atomic E-state index is 0.228. The minimum Gasteiger partial charge on any atom is -0.481 e. The van der Waals surface area contributed by atoms with E-state index in [1.807, 2.05) is 4.90 Å². The molecule has 1 fully saturated rings. The van der Waals surface area contributed by atoms with Gasteiger partial charge in [-0.1, -0.05) is 11.6 Å². The lowest BCUT2D eigenvalue weighted by Gasteiger charge is -2.16. The molecule has 2 aromatic rings.